The van der Waals surface area contributed by atoms with Crippen molar-refractivity contribution in [1.29, 1.82) is 5.41 Å². The number of benzene rings is 2. The molecule has 41 heavy (non-hydrogen) atoms. The number of nitrogens with zero attached hydrogens (tertiary/aromatic N) is 1. The molecule has 1 aliphatic heterocycles. The fourth-order valence-electron chi connectivity index (χ4n) is 4.30. The third kappa shape index (κ3) is 10.4. The molecular formula is C27H37N5O8S. The number of nitrogens with two attached hydrogens (primary N) is 1. The molecule has 0 spiro atoms. The number of hydrogen-bond donors (Lipinski definition) is 5. The highest BCUT2D eigenvalue weighted by atomic mass is 32.2. The van der Waals surface area contributed by atoms with Crippen molar-refractivity contribution >= 4 is 33.6 Å². The van der Waals surface area contributed by atoms with Crippen molar-refractivity contribution in [2.45, 2.75) is 44.8 Å². The molecule has 0 aromatic heterocycles. The number of methoxy groups -OCH3 is 2. The van der Waals surface area contributed by atoms with Crippen molar-refractivity contribution in [2.24, 2.45) is 5.73 Å². The number of ether oxygens (including phenoxy) is 2. The fraction of sp³-hybridized carbons (Fsp3) is 0.407. The molecule has 3 rings (SSSR count). The third-order valence-corrected chi connectivity index (χ3v) is 6.86. The van der Waals surface area contributed by atoms with E-state index in [9.17, 15) is 18.0 Å². The Balaban J connectivity index is 0.00000138. The standard InChI is InChI=1S/C25H33N5O6S.C2H4O2/c1-35-19-10-6-16(7-11-19)13-20(29-37(3,33)34)25(32)30-12-4-5-21(30)24(31)28-15-18-9-8-17(23(26)27)14-22(18)36-2;1-2(3)4/h6-11,14,20-21,29H,4-5,12-13,15H2,1-3H3,(H3,26,27)(H,28,31);1H3,(H,3,4)/t20-,21-;/m0./s1. The van der Waals surface area contributed by atoms with Gasteiger partial charge in [-0.3, -0.25) is 19.8 Å². The minimum Gasteiger partial charge on any atom is -0.497 e. The van der Waals surface area contributed by atoms with Gasteiger partial charge in [0.05, 0.1) is 20.5 Å². The van der Waals surface area contributed by atoms with Crippen molar-refractivity contribution in [3.63, 3.8) is 0 Å². The number of amidine groups is 1. The summed E-state index contributed by atoms with van der Waals surface area (Å²) in [6.07, 6.45) is 2.21. The summed E-state index contributed by atoms with van der Waals surface area (Å²) in [4.78, 5) is 37.0. The van der Waals surface area contributed by atoms with Gasteiger partial charge in [-0.1, -0.05) is 24.3 Å². The van der Waals surface area contributed by atoms with Crippen LogP contribution in [0.3, 0.4) is 0 Å². The predicted molar refractivity (Wildman–Crippen MR) is 152 cm³/mol. The summed E-state index contributed by atoms with van der Waals surface area (Å²) >= 11 is 0. The molecule has 224 valence electrons. The lowest BCUT2D eigenvalue weighted by Gasteiger charge is -2.28. The van der Waals surface area contributed by atoms with Crippen molar-refractivity contribution in [3.8, 4) is 11.5 Å². The SMILES string of the molecule is CC(=O)O.COc1ccc(C[C@H](NS(C)(=O)=O)C(=O)N2CCC[C@H]2C(=O)NCc2ccc(C(=N)N)cc2OC)cc1. The number of hydrogen-bond acceptors (Lipinski definition) is 8. The lowest BCUT2D eigenvalue weighted by atomic mass is 10.0. The van der Waals surface area contributed by atoms with Crippen LogP contribution >= 0.6 is 0 Å². The first kappa shape index (κ1) is 33.0. The molecule has 14 heteroatoms. The number of rotatable bonds is 11. The summed E-state index contributed by atoms with van der Waals surface area (Å²) in [5.41, 5.74) is 7.47. The topological polar surface area (TPSA) is 201 Å². The van der Waals surface area contributed by atoms with E-state index in [1.807, 2.05) is 0 Å². The maximum atomic E-state index is 13.5. The van der Waals surface area contributed by atoms with E-state index in [0.717, 1.165) is 18.7 Å². The number of aliphatic carboxylic acids is 1. The van der Waals surface area contributed by atoms with E-state index < -0.39 is 34.0 Å². The highest BCUT2D eigenvalue weighted by molar-refractivity contribution is 7.88. The van der Waals surface area contributed by atoms with E-state index in [-0.39, 0.29) is 24.7 Å². The van der Waals surface area contributed by atoms with E-state index in [4.69, 9.17) is 30.5 Å². The number of carboxylic acid groups (broad SMARTS) is 1. The number of amides is 2. The largest absolute Gasteiger partial charge is 0.497 e. The summed E-state index contributed by atoms with van der Waals surface area (Å²) in [6.45, 7) is 1.58. The first-order chi connectivity index (χ1) is 19.2. The zero-order valence-electron chi connectivity index (χ0n) is 23.5. The van der Waals surface area contributed by atoms with Gasteiger partial charge in [0, 0.05) is 31.1 Å². The van der Waals surface area contributed by atoms with Crippen LogP contribution in [0.2, 0.25) is 0 Å². The highest BCUT2D eigenvalue weighted by Gasteiger charge is 2.38. The van der Waals surface area contributed by atoms with Gasteiger partial charge in [-0.15, -0.1) is 0 Å². The molecule has 2 amide bonds. The number of carbonyl (C=O) groups is 3. The monoisotopic (exact) mass is 591 g/mol. The second kappa shape index (κ2) is 15.0. The van der Waals surface area contributed by atoms with Gasteiger partial charge in [0.2, 0.25) is 21.8 Å². The van der Waals surface area contributed by atoms with Crippen molar-refractivity contribution < 1.29 is 37.4 Å². The summed E-state index contributed by atoms with van der Waals surface area (Å²) in [6, 6.07) is 10.2. The zero-order chi connectivity index (χ0) is 30.7. The Bertz CT molecular complexity index is 1340. The number of likely N-dealkylation sites (tertiary alicyclic amines) is 1. The van der Waals surface area contributed by atoms with Crippen LogP contribution in [0.25, 0.3) is 0 Å². The third-order valence-electron chi connectivity index (χ3n) is 6.14. The molecule has 2 atom stereocenters. The van der Waals surface area contributed by atoms with Crippen LogP contribution in [0, 0.1) is 5.41 Å². The highest BCUT2D eigenvalue weighted by Crippen LogP contribution is 2.23. The van der Waals surface area contributed by atoms with E-state index in [2.05, 4.69) is 10.0 Å². The van der Waals surface area contributed by atoms with Crippen molar-refractivity contribution in [3.05, 3.63) is 59.2 Å². The Hall–Kier alpha value is -4.17. The molecule has 1 aliphatic rings. The minimum atomic E-state index is -3.69. The van der Waals surface area contributed by atoms with Gasteiger partial charge in [-0.05, 0) is 43.0 Å². The number of nitrogen functional groups attached to an aromatic ring is 1. The molecule has 6 N–H and O–H groups in total. The first-order valence-corrected chi connectivity index (χ1v) is 14.5. The van der Waals surface area contributed by atoms with Gasteiger partial charge in [-0.25, -0.2) is 13.1 Å². The molecular weight excluding hydrogens is 554 g/mol. The van der Waals surface area contributed by atoms with Gasteiger partial charge < -0.3 is 30.5 Å². The number of sulfonamides is 1. The van der Waals surface area contributed by atoms with Crippen molar-refractivity contribution in [2.75, 3.05) is 27.0 Å². The van der Waals surface area contributed by atoms with Gasteiger partial charge >= 0.3 is 0 Å². The van der Waals surface area contributed by atoms with Crippen LogP contribution in [0.5, 0.6) is 11.5 Å². The maximum Gasteiger partial charge on any atom is 0.300 e. The van der Waals surface area contributed by atoms with Crippen LogP contribution in [0.4, 0.5) is 0 Å². The van der Waals surface area contributed by atoms with Gasteiger partial charge in [0.15, 0.2) is 0 Å². The van der Waals surface area contributed by atoms with Gasteiger partial charge in [0.1, 0.15) is 29.4 Å². The van der Waals surface area contributed by atoms with Crippen LogP contribution < -0.4 is 25.2 Å². The molecule has 0 bridgehead atoms. The number of carboxylic acids is 1. The Morgan fingerprint density at radius 2 is 1.78 bits per heavy atom. The second-order valence-electron chi connectivity index (χ2n) is 9.36. The Labute approximate surface area is 239 Å². The number of nitrogens with one attached hydrogen (secondary N) is 3. The molecule has 2 aromatic carbocycles. The number of carbonyl (C=O) groups excluding carboxylic acids is 2. The molecule has 1 heterocycles. The second-order valence-corrected chi connectivity index (χ2v) is 11.1. The molecule has 0 aliphatic carbocycles. The summed E-state index contributed by atoms with van der Waals surface area (Å²) in [7, 11) is -0.663. The summed E-state index contributed by atoms with van der Waals surface area (Å²) in [5, 5.41) is 17.8. The van der Waals surface area contributed by atoms with Crippen molar-refractivity contribution in [1.82, 2.24) is 14.9 Å². The lowest BCUT2D eigenvalue weighted by Crippen LogP contribution is -2.54. The lowest BCUT2D eigenvalue weighted by molar-refractivity contribution is -0.139. The van der Waals surface area contributed by atoms with Crippen LogP contribution in [-0.2, 0) is 37.4 Å². The molecule has 0 radical (unpaired) electrons. The first-order valence-electron chi connectivity index (χ1n) is 12.6. The zero-order valence-corrected chi connectivity index (χ0v) is 24.3. The minimum absolute atomic E-state index is 0.0964. The van der Waals surface area contributed by atoms with Gasteiger partial charge in [-0.2, -0.15) is 0 Å². The Morgan fingerprint density at radius 3 is 2.32 bits per heavy atom. The van der Waals surface area contributed by atoms with E-state index in [1.54, 1.807) is 49.6 Å². The van der Waals surface area contributed by atoms with E-state index >= 15 is 0 Å². The average Bonchev–Trinajstić information content (AvgIpc) is 3.40. The molecule has 2 aromatic rings. The molecule has 0 unspecified atom stereocenters. The Morgan fingerprint density at radius 1 is 1.15 bits per heavy atom. The van der Waals surface area contributed by atoms with E-state index in [1.165, 1.54) is 12.0 Å². The fourth-order valence-corrected chi connectivity index (χ4v) is 5.00. The smallest absolute Gasteiger partial charge is 0.300 e. The summed E-state index contributed by atoms with van der Waals surface area (Å²) in [5.74, 6) is -0.606. The quantitative estimate of drug-likeness (QED) is 0.185. The maximum absolute atomic E-state index is 13.5. The average molecular weight is 592 g/mol. The van der Waals surface area contributed by atoms with Crippen LogP contribution in [0.15, 0.2) is 42.5 Å². The molecule has 0 saturated carbocycles. The normalized spacial score (nSPS) is 15.2. The molecule has 1 fully saturated rings. The van der Waals surface area contributed by atoms with Crippen LogP contribution in [-0.4, -0.2) is 81.1 Å². The molecule has 13 nitrogen and oxygen atoms in total. The van der Waals surface area contributed by atoms with Gasteiger partial charge in [0.25, 0.3) is 5.97 Å². The molecule has 1 saturated heterocycles. The van der Waals surface area contributed by atoms with Crippen LogP contribution in [0.1, 0.15) is 36.5 Å². The summed E-state index contributed by atoms with van der Waals surface area (Å²) < 4.78 is 37.0. The van der Waals surface area contributed by atoms with E-state index in [0.29, 0.717) is 42.0 Å². The predicted octanol–water partition coefficient (Wildman–Crippen LogP) is 0.846. The Kier molecular flexibility index (Phi) is 12.1.